The first-order valence-corrected chi connectivity index (χ1v) is 4.96. The molecule has 14 heavy (non-hydrogen) atoms. The first-order valence-electron chi connectivity index (χ1n) is 4.96. The lowest BCUT2D eigenvalue weighted by molar-refractivity contribution is 0.474. The van der Waals surface area contributed by atoms with Crippen molar-refractivity contribution in [3.8, 4) is 5.75 Å². The fourth-order valence-corrected chi connectivity index (χ4v) is 1.98. The van der Waals surface area contributed by atoms with Gasteiger partial charge in [-0.3, -0.25) is 0 Å². The lowest BCUT2D eigenvalue weighted by Gasteiger charge is -2.20. The van der Waals surface area contributed by atoms with Crippen LogP contribution in [0.2, 0.25) is 0 Å². The van der Waals surface area contributed by atoms with Crippen molar-refractivity contribution in [3.05, 3.63) is 35.4 Å². The predicted molar refractivity (Wildman–Crippen MR) is 58.1 cm³/mol. The fraction of sp³-hybridized carbons (Fsp3) is 0.333. The Bertz CT molecular complexity index is 380. The molecule has 0 bridgehead atoms. The van der Waals surface area contributed by atoms with Crippen molar-refractivity contribution in [1.29, 1.82) is 0 Å². The summed E-state index contributed by atoms with van der Waals surface area (Å²) in [4.78, 5) is 0. The number of aromatic hydroxyl groups is 1. The van der Waals surface area contributed by atoms with Gasteiger partial charge in [-0.05, 0) is 48.6 Å². The van der Waals surface area contributed by atoms with Crippen LogP contribution in [0.3, 0.4) is 0 Å². The van der Waals surface area contributed by atoms with E-state index < -0.39 is 0 Å². The van der Waals surface area contributed by atoms with E-state index in [1.807, 2.05) is 19.1 Å². The number of nitrogens with two attached hydrogens (primary N) is 1. The van der Waals surface area contributed by atoms with Crippen LogP contribution in [0.4, 0.5) is 0 Å². The smallest absolute Gasteiger partial charge is 0.116 e. The Kier molecular flexibility index (Phi) is 2.30. The van der Waals surface area contributed by atoms with Gasteiger partial charge in [0.15, 0.2) is 0 Å². The zero-order valence-electron chi connectivity index (χ0n) is 8.33. The highest BCUT2D eigenvalue weighted by Crippen LogP contribution is 2.30. The van der Waals surface area contributed by atoms with E-state index in [2.05, 4.69) is 6.08 Å². The van der Waals surface area contributed by atoms with Crippen molar-refractivity contribution in [2.24, 2.45) is 5.73 Å². The van der Waals surface area contributed by atoms with E-state index in [1.54, 1.807) is 6.07 Å². The van der Waals surface area contributed by atoms with Crippen LogP contribution >= 0.6 is 0 Å². The summed E-state index contributed by atoms with van der Waals surface area (Å²) in [5.41, 5.74) is 9.44. The number of rotatable bonds is 1. The van der Waals surface area contributed by atoms with Crippen molar-refractivity contribution in [2.45, 2.75) is 25.8 Å². The quantitative estimate of drug-likeness (QED) is 0.710. The Balaban J connectivity index is 2.51. The number of fused-ring (bicyclic) bond motifs is 1. The van der Waals surface area contributed by atoms with Gasteiger partial charge in [0.1, 0.15) is 5.75 Å². The van der Waals surface area contributed by atoms with E-state index in [4.69, 9.17) is 5.73 Å². The molecule has 0 spiro atoms. The monoisotopic (exact) mass is 189 g/mol. The predicted octanol–water partition coefficient (Wildman–Crippen LogP) is 2.07. The summed E-state index contributed by atoms with van der Waals surface area (Å²) < 4.78 is 0. The molecular weight excluding hydrogens is 174 g/mol. The zero-order chi connectivity index (χ0) is 10.1. The average Bonchev–Trinajstić information content (AvgIpc) is 2.16. The Morgan fingerprint density at radius 3 is 2.93 bits per heavy atom. The molecule has 0 fully saturated rings. The van der Waals surface area contributed by atoms with Gasteiger partial charge in [0.2, 0.25) is 0 Å². The Hall–Kier alpha value is -1.28. The third kappa shape index (κ3) is 1.53. The molecule has 0 amide bonds. The fourth-order valence-electron chi connectivity index (χ4n) is 1.98. The summed E-state index contributed by atoms with van der Waals surface area (Å²) >= 11 is 0. The topological polar surface area (TPSA) is 46.2 Å². The van der Waals surface area contributed by atoms with Crippen molar-refractivity contribution in [2.75, 3.05) is 0 Å². The van der Waals surface area contributed by atoms with Crippen LogP contribution in [0.5, 0.6) is 5.75 Å². The SMILES string of the molecule is CC(N)C1=CCCc2ccc(O)cc21. The van der Waals surface area contributed by atoms with Crippen LogP contribution in [-0.4, -0.2) is 11.1 Å². The maximum atomic E-state index is 9.42. The second-order valence-electron chi connectivity index (χ2n) is 3.83. The molecule has 0 aliphatic heterocycles. The molecule has 1 atom stereocenters. The van der Waals surface area contributed by atoms with E-state index in [0.717, 1.165) is 24.0 Å². The van der Waals surface area contributed by atoms with Gasteiger partial charge in [0.25, 0.3) is 0 Å². The molecule has 0 saturated carbocycles. The lowest BCUT2D eigenvalue weighted by atomic mass is 9.87. The highest BCUT2D eigenvalue weighted by atomic mass is 16.3. The van der Waals surface area contributed by atoms with Crippen molar-refractivity contribution in [3.63, 3.8) is 0 Å². The van der Waals surface area contributed by atoms with Crippen molar-refractivity contribution < 1.29 is 5.11 Å². The summed E-state index contributed by atoms with van der Waals surface area (Å²) in [6.07, 6.45) is 4.27. The highest BCUT2D eigenvalue weighted by Gasteiger charge is 2.15. The van der Waals surface area contributed by atoms with Crippen molar-refractivity contribution >= 4 is 5.57 Å². The standard InChI is InChI=1S/C12H15NO/c1-8(13)11-4-2-3-9-5-6-10(14)7-12(9)11/h4-8,14H,2-3,13H2,1H3. The second-order valence-corrected chi connectivity index (χ2v) is 3.83. The van der Waals surface area contributed by atoms with Crippen LogP contribution in [0, 0.1) is 0 Å². The van der Waals surface area contributed by atoms with Crippen LogP contribution < -0.4 is 5.73 Å². The molecule has 2 nitrogen and oxygen atoms in total. The summed E-state index contributed by atoms with van der Waals surface area (Å²) in [6, 6.07) is 5.57. The minimum atomic E-state index is 0.0378. The number of phenols is 1. The molecule has 0 saturated heterocycles. The molecule has 1 aromatic rings. The molecule has 2 rings (SSSR count). The van der Waals surface area contributed by atoms with Crippen LogP contribution in [0.1, 0.15) is 24.5 Å². The minimum Gasteiger partial charge on any atom is -0.508 e. The van der Waals surface area contributed by atoms with Gasteiger partial charge >= 0.3 is 0 Å². The largest absolute Gasteiger partial charge is 0.508 e. The molecule has 2 heteroatoms. The van der Waals surface area contributed by atoms with E-state index in [-0.39, 0.29) is 6.04 Å². The molecule has 1 aliphatic rings. The first-order chi connectivity index (χ1) is 6.68. The summed E-state index contributed by atoms with van der Waals surface area (Å²) in [5, 5.41) is 9.42. The molecule has 3 N–H and O–H groups in total. The van der Waals surface area contributed by atoms with Gasteiger partial charge < -0.3 is 10.8 Å². The molecule has 1 unspecified atom stereocenters. The zero-order valence-corrected chi connectivity index (χ0v) is 8.33. The van der Waals surface area contributed by atoms with Crippen LogP contribution in [-0.2, 0) is 6.42 Å². The summed E-state index contributed by atoms with van der Waals surface area (Å²) in [6.45, 7) is 1.98. The summed E-state index contributed by atoms with van der Waals surface area (Å²) in [5.74, 6) is 0.317. The van der Waals surface area contributed by atoms with E-state index in [1.165, 1.54) is 5.56 Å². The minimum absolute atomic E-state index is 0.0378. The first kappa shape index (κ1) is 9.28. The van der Waals surface area contributed by atoms with Crippen LogP contribution in [0.25, 0.3) is 5.57 Å². The van der Waals surface area contributed by atoms with Gasteiger partial charge in [0.05, 0.1) is 0 Å². The molecule has 0 radical (unpaired) electrons. The highest BCUT2D eigenvalue weighted by molar-refractivity contribution is 5.74. The molecule has 0 heterocycles. The average molecular weight is 189 g/mol. The Morgan fingerprint density at radius 1 is 1.43 bits per heavy atom. The third-order valence-corrected chi connectivity index (χ3v) is 2.67. The van der Waals surface area contributed by atoms with Gasteiger partial charge in [-0.15, -0.1) is 0 Å². The van der Waals surface area contributed by atoms with Gasteiger partial charge in [-0.1, -0.05) is 12.1 Å². The maximum absolute atomic E-state index is 9.42. The molecule has 1 aromatic carbocycles. The second kappa shape index (κ2) is 3.46. The lowest BCUT2D eigenvalue weighted by Crippen LogP contribution is -2.19. The third-order valence-electron chi connectivity index (χ3n) is 2.67. The summed E-state index contributed by atoms with van der Waals surface area (Å²) in [7, 11) is 0. The maximum Gasteiger partial charge on any atom is 0.116 e. The van der Waals surface area contributed by atoms with E-state index in [9.17, 15) is 5.11 Å². The number of aryl methyl sites for hydroxylation is 1. The normalized spacial score (nSPS) is 17.1. The molecular formula is C12H15NO. The van der Waals surface area contributed by atoms with E-state index in [0.29, 0.717) is 5.75 Å². The van der Waals surface area contributed by atoms with Crippen LogP contribution in [0.15, 0.2) is 24.3 Å². The Morgan fingerprint density at radius 2 is 2.21 bits per heavy atom. The van der Waals surface area contributed by atoms with Gasteiger partial charge in [-0.25, -0.2) is 0 Å². The number of benzene rings is 1. The number of hydrogen-bond donors (Lipinski definition) is 2. The number of hydrogen-bond acceptors (Lipinski definition) is 2. The number of allylic oxidation sites excluding steroid dienone is 1. The van der Waals surface area contributed by atoms with Gasteiger partial charge in [-0.2, -0.15) is 0 Å². The van der Waals surface area contributed by atoms with Gasteiger partial charge in [0, 0.05) is 6.04 Å². The Labute approximate surface area is 84.1 Å². The number of phenolic OH excluding ortho intramolecular Hbond substituents is 1. The van der Waals surface area contributed by atoms with E-state index >= 15 is 0 Å². The molecule has 74 valence electrons. The van der Waals surface area contributed by atoms with Crippen molar-refractivity contribution in [1.82, 2.24) is 0 Å². The molecule has 0 aromatic heterocycles. The molecule has 1 aliphatic carbocycles.